The molecule has 1 amide bonds. The fourth-order valence-electron chi connectivity index (χ4n) is 2.66. The van der Waals surface area contributed by atoms with Gasteiger partial charge in [-0.15, -0.1) is 12.4 Å². The molecule has 0 aliphatic carbocycles. The maximum absolute atomic E-state index is 13.9. The van der Waals surface area contributed by atoms with Crippen molar-refractivity contribution in [2.24, 2.45) is 5.73 Å². The first kappa shape index (κ1) is 27.3. The fraction of sp³-hybridized carbons (Fsp3) is 0.286. The number of rotatable bonds is 9. The maximum atomic E-state index is 13.9. The summed E-state index contributed by atoms with van der Waals surface area (Å²) in [6, 6.07) is 10.6. The molecular weight excluding hydrogens is 509 g/mol. The van der Waals surface area contributed by atoms with E-state index in [1.165, 1.54) is 26.0 Å². The van der Waals surface area contributed by atoms with Crippen LogP contribution in [0, 0.1) is 5.82 Å². The maximum Gasteiger partial charge on any atom is 0.410 e. The van der Waals surface area contributed by atoms with E-state index in [0.29, 0.717) is 11.3 Å². The summed E-state index contributed by atoms with van der Waals surface area (Å²) < 4.78 is 24.3. The third-order valence-corrected chi connectivity index (χ3v) is 4.63. The number of amides is 1. The zero-order chi connectivity index (χ0) is 23.0. The summed E-state index contributed by atoms with van der Waals surface area (Å²) in [7, 11) is 0. The lowest BCUT2D eigenvalue weighted by atomic mass is 10.0. The number of esters is 1. The minimum Gasteiger partial charge on any atom is -0.424 e. The molecule has 0 radical (unpaired) electrons. The van der Waals surface area contributed by atoms with Crippen molar-refractivity contribution in [3.05, 3.63) is 52.8 Å². The molecule has 2 rings (SSSR count). The molecule has 174 valence electrons. The van der Waals surface area contributed by atoms with Crippen LogP contribution in [-0.2, 0) is 19.1 Å². The van der Waals surface area contributed by atoms with Gasteiger partial charge in [0.1, 0.15) is 11.9 Å². The van der Waals surface area contributed by atoms with Gasteiger partial charge in [-0.25, -0.2) is 9.18 Å². The highest BCUT2D eigenvalue weighted by Crippen LogP contribution is 2.30. The number of alkyl carbamates (subject to hydrolysis) is 1. The first-order valence-electron chi connectivity index (χ1n) is 9.36. The quantitative estimate of drug-likeness (QED) is 0.333. The van der Waals surface area contributed by atoms with Crippen molar-refractivity contribution < 1.29 is 28.2 Å². The third kappa shape index (κ3) is 8.45. The van der Waals surface area contributed by atoms with E-state index in [-0.39, 0.29) is 31.3 Å². The van der Waals surface area contributed by atoms with E-state index >= 15 is 0 Å². The Balaban J connectivity index is 0.00000512. The largest absolute Gasteiger partial charge is 0.424 e. The van der Waals surface area contributed by atoms with Gasteiger partial charge in [-0.2, -0.15) is 0 Å². The smallest absolute Gasteiger partial charge is 0.410 e. The van der Waals surface area contributed by atoms with Gasteiger partial charge in [0.05, 0.1) is 6.54 Å². The number of carbonyl (C=O) groups is 3. The molecule has 0 saturated heterocycles. The number of halogens is 3. The first-order chi connectivity index (χ1) is 14.7. The van der Waals surface area contributed by atoms with E-state index < -0.39 is 30.2 Å². The molecule has 0 saturated carbocycles. The lowest BCUT2D eigenvalue weighted by Gasteiger charge is -2.20. The summed E-state index contributed by atoms with van der Waals surface area (Å²) in [6.07, 6.45) is -2.11. The van der Waals surface area contributed by atoms with Crippen LogP contribution in [0.2, 0.25) is 0 Å². The van der Waals surface area contributed by atoms with Gasteiger partial charge in [0.25, 0.3) is 0 Å². The van der Waals surface area contributed by atoms with Crippen LogP contribution in [-0.4, -0.2) is 43.3 Å². The molecule has 0 bridgehead atoms. The van der Waals surface area contributed by atoms with Crippen LogP contribution in [0.25, 0.3) is 11.1 Å². The van der Waals surface area contributed by atoms with E-state index in [0.717, 1.165) is 10.0 Å². The Morgan fingerprint density at radius 2 is 1.88 bits per heavy atom. The van der Waals surface area contributed by atoms with Gasteiger partial charge >= 0.3 is 12.1 Å². The number of nitrogens with two attached hydrogens (primary N) is 1. The van der Waals surface area contributed by atoms with Crippen LogP contribution in [0.5, 0.6) is 0 Å². The van der Waals surface area contributed by atoms with Crippen molar-refractivity contribution in [1.82, 2.24) is 5.32 Å². The topological polar surface area (TPSA) is 120 Å². The summed E-state index contributed by atoms with van der Waals surface area (Å²) in [5.41, 5.74) is 7.06. The number of hydrogen-bond donors (Lipinski definition) is 3. The van der Waals surface area contributed by atoms with Crippen molar-refractivity contribution in [2.75, 3.05) is 18.4 Å². The van der Waals surface area contributed by atoms with E-state index in [1.807, 2.05) is 24.3 Å². The van der Waals surface area contributed by atoms with Crippen molar-refractivity contribution in [1.29, 1.82) is 0 Å². The van der Waals surface area contributed by atoms with Gasteiger partial charge in [0.2, 0.25) is 6.29 Å². The molecule has 4 N–H and O–H groups in total. The van der Waals surface area contributed by atoms with E-state index in [4.69, 9.17) is 15.2 Å². The van der Waals surface area contributed by atoms with Gasteiger partial charge < -0.3 is 25.8 Å². The van der Waals surface area contributed by atoms with Crippen molar-refractivity contribution >= 4 is 51.9 Å². The van der Waals surface area contributed by atoms with Crippen LogP contribution >= 0.6 is 28.3 Å². The Hall–Kier alpha value is -2.69. The number of anilines is 1. The lowest BCUT2D eigenvalue weighted by Crippen LogP contribution is -2.45. The van der Waals surface area contributed by atoms with E-state index in [9.17, 15) is 18.8 Å². The molecule has 0 aliphatic heterocycles. The normalized spacial score (nSPS) is 12.0. The predicted octanol–water partition coefficient (Wildman–Crippen LogP) is 3.62. The average Bonchev–Trinajstić information content (AvgIpc) is 2.71. The Morgan fingerprint density at radius 3 is 2.50 bits per heavy atom. The summed E-state index contributed by atoms with van der Waals surface area (Å²) in [5, 5.41) is 5.48. The highest BCUT2D eigenvalue weighted by atomic mass is 79.9. The first-order valence-corrected chi connectivity index (χ1v) is 10.2. The second kappa shape index (κ2) is 13.0. The fourth-order valence-corrected chi connectivity index (χ4v) is 3.06. The summed E-state index contributed by atoms with van der Waals surface area (Å²) in [5.74, 6) is -1.48. The number of benzene rings is 2. The molecule has 8 nitrogen and oxygen atoms in total. The summed E-state index contributed by atoms with van der Waals surface area (Å²) in [4.78, 5) is 35.1. The average molecular weight is 533 g/mol. The van der Waals surface area contributed by atoms with Crippen LogP contribution < -0.4 is 16.4 Å². The van der Waals surface area contributed by atoms with Crippen LogP contribution in [0.4, 0.5) is 14.9 Å². The van der Waals surface area contributed by atoms with E-state index in [1.54, 1.807) is 6.07 Å². The number of Topliss-reactive ketones (excluding diaryl/α,β-unsaturated/α-hetero) is 1. The minimum absolute atomic E-state index is 0. The van der Waals surface area contributed by atoms with E-state index in [2.05, 4.69) is 26.6 Å². The molecule has 32 heavy (non-hydrogen) atoms. The monoisotopic (exact) mass is 531 g/mol. The molecule has 11 heteroatoms. The van der Waals surface area contributed by atoms with Crippen LogP contribution in [0.1, 0.15) is 13.8 Å². The zero-order valence-electron chi connectivity index (χ0n) is 17.4. The van der Waals surface area contributed by atoms with Crippen LogP contribution in [0.3, 0.4) is 0 Å². The number of ketones is 1. The standard InChI is InChI=1S/C21H23BrFN3O5.ClH/c1-12(27)19(26-21(29)31-13(2)30-20(28)10-24)11-25-18-7-6-16(23)9-17(18)14-4-3-5-15(22)8-14;/h3-9,13,19,25H,10-11,24H2,1-2H3,(H,26,29);1H. The molecule has 2 atom stereocenters. The van der Waals surface area contributed by atoms with Crippen molar-refractivity contribution in [3.8, 4) is 11.1 Å². The molecule has 0 heterocycles. The number of nitrogens with one attached hydrogen (secondary N) is 2. The number of hydrogen-bond acceptors (Lipinski definition) is 7. The van der Waals surface area contributed by atoms with Gasteiger partial charge in [0, 0.05) is 29.2 Å². The van der Waals surface area contributed by atoms with Gasteiger partial charge in [-0.1, -0.05) is 28.1 Å². The molecule has 0 aromatic heterocycles. The van der Waals surface area contributed by atoms with Crippen LogP contribution in [0.15, 0.2) is 46.9 Å². The molecule has 0 spiro atoms. The molecule has 2 aromatic rings. The van der Waals surface area contributed by atoms with Crippen molar-refractivity contribution in [2.45, 2.75) is 26.2 Å². The zero-order valence-corrected chi connectivity index (χ0v) is 19.8. The van der Waals surface area contributed by atoms with Gasteiger partial charge in [-0.3, -0.25) is 9.59 Å². The number of ether oxygens (including phenoxy) is 2. The lowest BCUT2D eigenvalue weighted by molar-refractivity contribution is -0.163. The molecule has 0 aliphatic rings. The second-order valence-corrected chi connectivity index (χ2v) is 7.47. The predicted molar refractivity (Wildman–Crippen MR) is 124 cm³/mol. The Kier molecular flexibility index (Phi) is 11.1. The molecule has 0 fully saturated rings. The summed E-state index contributed by atoms with van der Waals surface area (Å²) in [6.45, 7) is 2.32. The highest BCUT2D eigenvalue weighted by Gasteiger charge is 2.21. The second-order valence-electron chi connectivity index (χ2n) is 6.56. The molecular formula is C21H24BrClFN3O5. The van der Waals surface area contributed by atoms with Gasteiger partial charge in [-0.05, 0) is 42.8 Å². The Morgan fingerprint density at radius 1 is 1.16 bits per heavy atom. The molecule has 2 unspecified atom stereocenters. The minimum atomic E-state index is -1.17. The Labute approximate surface area is 199 Å². The SMILES string of the molecule is CC(=O)C(CNc1ccc(F)cc1-c1cccc(Br)c1)NC(=O)OC(C)OC(=O)CN.Cl. The Bertz CT molecular complexity index is 963. The third-order valence-electron chi connectivity index (χ3n) is 4.13. The molecule has 2 aromatic carbocycles. The van der Waals surface area contributed by atoms with Gasteiger partial charge in [0.15, 0.2) is 5.78 Å². The van der Waals surface area contributed by atoms with Crippen molar-refractivity contribution in [3.63, 3.8) is 0 Å². The highest BCUT2D eigenvalue weighted by molar-refractivity contribution is 9.10. The summed E-state index contributed by atoms with van der Waals surface area (Å²) >= 11 is 3.39. The number of carbonyl (C=O) groups excluding carboxylic acids is 3.